The number of hydrogen-bond acceptors (Lipinski definition) is 3. The largest absolute Gasteiger partial charge is 0.340 e. The molecule has 3 rings (SSSR count). The van der Waals surface area contributed by atoms with E-state index in [4.69, 9.17) is 0 Å². The van der Waals surface area contributed by atoms with Crippen LogP contribution in [0.4, 0.5) is 0 Å². The van der Waals surface area contributed by atoms with Crippen LogP contribution in [-0.2, 0) is 14.8 Å². The van der Waals surface area contributed by atoms with E-state index in [2.05, 4.69) is 0 Å². The first kappa shape index (κ1) is 15.5. The SMILES string of the molecule is CN1C(=O)CC[C@@]12CCCN(S(=O)(=O)c1ccccc1)CC2. The number of carbonyl (C=O) groups is 1. The normalized spacial score (nSPS) is 27.3. The van der Waals surface area contributed by atoms with Gasteiger partial charge in [-0.15, -0.1) is 0 Å². The van der Waals surface area contributed by atoms with Crippen LogP contribution in [0.1, 0.15) is 32.1 Å². The van der Waals surface area contributed by atoms with Gasteiger partial charge >= 0.3 is 0 Å². The fourth-order valence-electron chi connectivity index (χ4n) is 3.66. The van der Waals surface area contributed by atoms with Crippen LogP contribution >= 0.6 is 0 Å². The van der Waals surface area contributed by atoms with Gasteiger partial charge in [-0.2, -0.15) is 4.31 Å². The Morgan fingerprint density at radius 1 is 1.05 bits per heavy atom. The molecule has 1 aromatic carbocycles. The van der Waals surface area contributed by atoms with Gasteiger partial charge < -0.3 is 4.90 Å². The van der Waals surface area contributed by atoms with Crippen molar-refractivity contribution in [2.45, 2.75) is 42.5 Å². The lowest BCUT2D eigenvalue weighted by molar-refractivity contribution is -0.129. The second-order valence-corrected chi connectivity index (χ2v) is 8.19. The molecule has 22 heavy (non-hydrogen) atoms. The summed E-state index contributed by atoms with van der Waals surface area (Å²) >= 11 is 0. The van der Waals surface area contributed by atoms with Crippen LogP contribution in [0, 0.1) is 0 Å². The quantitative estimate of drug-likeness (QED) is 0.835. The van der Waals surface area contributed by atoms with Crippen molar-refractivity contribution in [2.24, 2.45) is 0 Å². The van der Waals surface area contributed by atoms with E-state index in [-0.39, 0.29) is 11.4 Å². The van der Waals surface area contributed by atoms with Crippen molar-refractivity contribution in [2.75, 3.05) is 20.1 Å². The van der Waals surface area contributed by atoms with E-state index >= 15 is 0 Å². The number of rotatable bonds is 2. The lowest BCUT2D eigenvalue weighted by Gasteiger charge is -2.35. The maximum Gasteiger partial charge on any atom is 0.243 e. The number of nitrogens with zero attached hydrogens (tertiary/aromatic N) is 2. The average molecular weight is 322 g/mol. The molecule has 1 atom stereocenters. The number of amides is 1. The summed E-state index contributed by atoms with van der Waals surface area (Å²) in [7, 11) is -1.57. The van der Waals surface area contributed by atoms with E-state index in [1.807, 2.05) is 18.0 Å². The van der Waals surface area contributed by atoms with Crippen molar-refractivity contribution in [1.82, 2.24) is 9.21 Å². The number of benzene rings is 1. The fraction of sp³-hybridized carbons (Fsp3) is 0.562. The highest BCUT2D eigenvalue weighted by Crippen LogP contribution is 2.38. The molecule has 1 amide bonds. The number of likely N-dealkylation sites (tertiary alicyclic amines) is 1. The van der Waals surface area contributed by atoms with E-state index in [9.17, 15) is 13.2 Å². The van der Waals surface area contributed by atoms with Gasteiger partial charge in [-0.3, -0.25) is 4.79 Å². The van der Waals surface area contributed by atoms with E-state index in [0.29, 0.717) is 24.4 Å². The molecule has 2 aliphatic heterocycles. The lowest BCUT2D eigenvalue weighted by Crippen LogP contribution is -2.44. The third-order valence-electron chi connectivity index (χ3n) is 5.15. The molecule has 6 heteroatoms. The van der Waals surface area contributed by atoms with Crippen LogP contribution in [0.2, 0.25) is 0 Å². The third kappa shape index (κ3) is 2.54. The van der Waals surface area contributed by atoms with Crippen molar-refractivity contribution in [3.05, 3.63) is 30.3 Å². The minimum Gasteiger partial charge on any atom is -0.340 e. The summed E-state index contributed by atoms with van der Waals surface area (Å²) in [5.74, 6) is 0.180. The minimum atomic E-state index is -3.43. The molecule has 120 valence electrons. The molecular formula is C16H22N2O3S. The second kappa shape index (κ2) is 5.66. The van der Waals surface area contributed by atoms with E-state index in [1.165, 1.54) is 0 Å². The standard InChI is InChI=1S/C16H22N2O3S/c1-17-15(19)8-10-16(17)9-5-12-18(13-11-16)22(20,21)14-6-3-2-4-7-14/h2-4,6-7H,5,8-13H2,1H3/t16-/m1/s1. The topological polar surface area (TPSA) is 57.7 Å². The zero-order valence-electron chi connectivity index (χ0n) is 12.9. The first-order valence-electron chi connectivity index (χ1n) is 7.78. The zero-order valence-corrected chi connectivity index (χ0v) is 13.7. The Balaban J connectivity index is 1.80. The minimum absolute atomic E-state index is 0.141. The molecule has 2 heterocycles. The highest BCUT2D eigenvalue weighted by Gasteiger charge is 2.44. The maximum absolute atomic E-state index is 12.7. The Hall–Kier alpha value is -1.40. The molecule has 2 aliphatic rings. The van der Waals surface area contributed by atoms with Crippen LogP contribution in [0.3, 0.4) is 0 Å². The summed E-state index contributed by atoms with van der Waals surface area (Å²) in [5.41, 5.74) is -0.141. The first-order valence-corrected chi connectivity index (χ1v) is 9.22. The summed E-state index contributed by atoms with van der Waals surface area (Å²) < 4.78 is 27.0. The van der Waals surface area contributed by atoms with Crippen molar-refractivity contribution in [3.63, 3.8) is 0 Å². The monoisotopic (exact) mass is 322 g/mol. The van der Waals surface area contributed by atoms with Gasteiger partial charge in [0.25, 0.3) is 0 Å². The Bertz CT molecular complexity index is 659. The molecule has 0 N–H and O–H groups in total. The van der Waals surface area contributed by atoms with E-state index in [1.54, 1.807) is 28.6 Å². The Labute approximate surface area is 132 Å². The summed E-state index contributed by atoms with van der Waals surface area (Å²) in [6, 6.07) is 8.59. The molecule has 5 nitrogen and oxygen atoms in total. The van der Waals surface area contributed by atoms with Gasteiger partial charge in [0.2, 0.25) is 15.9 Å². The summed E-state index contributed by atoms with van der Waals surface area (Å²) in [5, 5.41) is 0. The molecule has 2 saturated heterocycles. The van der Waals surface area contributed by atoms with Crippen LogP contribution in [0.25, 0.3) is 0 Å². The van der Waals surface area contributed by atoms with Gasteiger partial charge in [0.05, 0.1) is 4.90 Å². The predicted octanol–water partition coefficient (Wildman–Crippen LogP) is 1.85. The highest BCUT2D eigenvalue weighted by molar-refractivity contribution is 7.89. The molecule has 0 aromatic heterocycles. The Kier molecular flexibility index (Phi) is 3.99. The Morgan fingerprint density at radius 3 is 2.41 bits per heavy atom. The highest BCUT2D eigenvalue weighted by atomic mass is 32.2. The van der Waals surface area contributed by atoms with E-state index in [0.717, 1.165) is 25.7 Å². The Morgan fingerprint density at radius 2 is 1.77 bits per heavy atom. The molecule has 0 aliphatic carbocycles. The van der Waals surface area contributed by atoms with Gasteiger partial charge in [-0.25, -0.2) is 8.42 Å². The van der Waals surface area contributed by atoms with Gasteiger partial charge in [0.1, 0.15) is 0 Å². The van der Waals surface area contributed by atoms with Gasteiger partial charge in [-0.1, -0.05) is 18.2 Å². The van der Waals surface area contributed by atoms with Crippen LogP contribution in [0.15, 0.2) is 35.2 Å². The molecular weight excluding hydrogens is 300 g/mol. The van der Waals surface area contributed by atoms with Crippen molar-refractivity contribution >= 4 is 15.9 Å². The molecule has 0 bridgehead atoms. The van der Waals surface area contributed by atoms with Gasteiger partial charge in [-0.05, 0) is 37.8 Å². The summed E-state index contributed by atoms with van der Waals surface area (Å²) in [6.45, 7) is 1.01. The van der Waals surface area contributed by atoms with Crippen LogP contribution < -0.4 is 0 Å². The number of hydrogen-bond donors (Lipinski definition) is 0. The fourth-order valence-corrected chi connectivity index (χ4v) is 5.16. The average Bonchev–Trinajstić information content (AvgIpc) is 2.71. The van der Waals surface area contributed by atoms with Gasteiger partial charge in [0, 0.05) is 32.1 Å². The summed E-state index contributed by atoms with van der Waals surface area (Å²) in [4.78, 5) is 14.1. The molecule has 1 spiro atoms. The number of sulfonamides is 1. The van der Waals surface area contributed by atoms with E-state index < -0.39 is 10.0 Å². The predicted molar refractivity (Wildman–Crippen MR) is 83.8 cm³/mol. The molecule has 0 saturated carbocycles. The van der Waals surface area contributed by atoms with Crippen molar-refractivity contribution in [1.29, 1.82) is 0 Å². The molecule has 2 fully saturated rings. The third-order valence-corrected chi connectivity index (χ3v) is 7.06. The zero-order chi connectivity index (χ0) is 15.8. The number of carbonyl (C=O) groups excluding carboxylic acids is 1. The first-order chi connectivity index (χ1) is 10.5. The molecule has 0 unspecified atom stereocenters. The second-order valence-electron chi connectivity index (χ2n) is 6.25. The molecule has 1 aromatic rings. The lowest BCUT2D eigenvalue weighted by atomic mass is 9.88. The maximum atomic E-state index is 12.7. The summed E-state index contributed by atoms with van der Waals surface area (Å²) in [6.07, 6.45) is 3.84. The van der Waals surface area contributed by atoms with Crippen molar-refractivity contribution in [3.8, 4) is 0 Å². The van der Waals surface area contributed by atoms with Crippen molar-refractivity contribution < 1.29 is 13.2 Å². The van der Waals surface area contributed by atoms with Crippen LogP contribution in [-0.4, -0.2) is 49.2 Å². The smallest absolute Gasteiger partial charge is 0.243 e. The van der Waals surface area contributed by atoms with Gasteiger partial charge in [0.15, 0.2) is 0 Å². The molecule has 0 radical (unpaired) electrons. The van der Waals surface area contributed by atoms with Crippen LogP contribution in [0.5, 0.6) is 0 Å².